The SMILES string of the molecule is C[C@H](CCC(=O)NCCOc1no[n+]([O-])c1S(=O)(=O)c1ccccc1)[C@H]1CC[C@H]2C3[C@@H](O)C[C@@H]4C[C@H](O)CC[C@]4(C)[C@H]3CC[C@]12C. The molecule has 1 amide bonds. The van der Waals surface area contributed by atoms with Gasteiger partial charge in [-0.25, -0.2) is 8.42 Å². The topological polar surface area (TPSA) is 166 Å². The van der Waals surface area contributed by atoms with Crippen molar-refractivity contribution in [2.45, 2.75) is 107 Å². The summed E-state index contributed by atoms with van der Waals surface area (Å²) in [6.07, 6.45) is 8.70. The number of aromatic nitrogens is 2. The van der Waals surface area contributed by atoms with Crippen molar-refractivity contribution >= 4 is 15.7 Å². The first-order valence-corrected chi connectivity index (χ1v) is 18.5. The van der Waals surface area contributed by atoms with Crippen LogP contribution in [-0.4, -0.2) is 55.1 Å². The number of ether oxygens (including phenoxy) is 1. The molecule has 4 saturated carbocycles. The van der Waals surface area contributed by atoms with Crippen LogP contribution in [-0.2, 0) is 14.6 Å². The van der Waals surface area contributed by atoms with Gasteiger partial charge in [0, 0.05) is 6.42 Å². The van der Waals surface area contributed by atoms with Gasteiger partial charge in [0.05, 0.1) is 28.8 Å². The van der Waals surface area contributed by atoms with Crippen LogP contribution in [0.15, 0.2) is 44.9 Å². The molecule has 4 aliphatic carbocycles. The van der Waals surface area contributed by atoms with Gasteiger partial charge in [-0.2, -0.15) is 0 Å². The molecule has 6 rings (SSSR count). The minimum atomic E-state index is -4.21. The van der Waals surface area contributed by atoms with Crippen LogP contribution < -0.4 is 15.0 Å². The third kappa shape index (κ3) is 5.83. The Morgan fingerprint density at radius 1 is 1.11 bits per heavy atom. The number of sulfone groups is 1. The maximum Gasteiger partial charge on any atom is 0.415 e. The molecule has 1 unspecified atom stereocenters. The molecule has 2 aromatic rings. The van der Waals surface area contributed by atoms with E-state index in [0.717, 1.165) is 57.8 Å². The molecule has 1 aromatic carbocycles. The zero-order chi connectivity index (χ0) is 32.9. The zero-order valence-corrected chi connectivity index (χ0v) is 28.0. The molecule has 1 aromatic heterocycles. The smallest absolute Gasteiger partial charge is 0.415 e. The molecule has 1 heterocycles. The number of hydrogen-bond donors (Lipinski definition) is 3. The Morgan fingerprint density at radius 2 is 1.83 bits per heavy atom. The fraction of sp³-hybridized carbons (Fsp3) is 0.735. The second-order valence-electron chi connectivity index (χ2n) is 15.0. The van der Waals surface area contributed by atoms with Crippen molar-refractivity contribution in [1.29, 1.82) is 0 Å². The van der Waals surface area contributed by atoms with E-state index in [1.165, 1.54) is 12.1 Å². The van der Waals surface area contributed by atoms with Crippen molar-refractivity contribution in [3.8, 4) is 5.88 Å². The van der Waals surface area contributed by atoms with E-state index >= 15 is 0 Å². The van der Waals surface area contributed by atoms with Gasteiger partial charge < -0.3 is 25.5 Å². The van der Waals surface area contributed by atoms with Crippen molar-refractivity contribution in [2.75, 3.05) is 13.2 Å². The molecular formula is C34H49N3O8S. The first-order valence-electron chi connectivity index (χ1n) is 17.0. The minimum Gasteiger partial charge on any atom is -0.453 e. The number of carbonyl (C=O) groups is 1. The fourth-order valence-corrected chi connectivity index (χ4v) is 11.7. The van der Waals surface area contributed by atoms with E-state index in [0.29, 0.717) is 41.9 Å². The predicted molar refractivity (Wildman–Crippen MR) is 167 cm³/mol. The molecular weight excluding hydrogens is 610 g/mol. The highest BCUT2D eigenvalue weighted by atomic mass is 32.2. The summed E-state index contributed by atoms with van der Waals surface area (Å²) in [5.41, 5.74) is 0.356. The summed E-state index contributed by atoms with van der Waals surface area (Å²) in [5.74, 6) is 2.02. The summed E-state index contributed by atoms with van der Waals surface area (Å²) in [6.45, 7) is 7.16. The summed E-state index contributed by atoms with van der Waals surface area (Å²) in [5, 5.41) is 39.5. The van der Waals surface area contributed by atoms with Gasteiger partial charge >= 0.3 is 10.9 Å². The summed E-state index contributed by atoms with van der Waals surface area (Å²) >= 11 is 0. The Balaban J connectivity index is 0.997. The molecule has 46 heavy (non-hydrogen) atoms. The molecule has 3 N–H and O–H groups in total. The van der Waals surface area contributed by atoms with Gasteiger partial charge in [-0.05, 0) is 121 Å². The number of fused-ring (bicyclic) bond motifs is 5. The van der Waals surface area contributed by atoms with Crippen molar-refractivity contribution in [3.05, 3.63) is 35.5 Å². The number of amides is 1. The van der Waals surface area contributed by atoms with Gasteiger partial charge in [0.25, 0.3) is 9.84 Å². The number of rotatable bonds is 10. The molecule has 4 fully saturated rings. The van der Waals surface area contributed by atoms with Crippen LogP contribution in [0.1, 0.15) is 85.0 Å². The van der Waals surface area contributed by atoms with E-state index in [2.05, 4.69) is 35.9 Å². The van der Waals surface area contributed by atoms with E-state index < -0.39 is 20.7 Å². The average Bonchev–Trinajstić information content (AvgIpc) is 3.59. The Labute approximate surface area is 271 Å². The maximum absolute atomic E-state index is 12.9. The Bertz CT molecular complexity index is 1500. The summed E-state index contributed by atoms with van der Waals surface area (Å²) in [7, 11) is -4.21. The number of hydrogen-bond acceptors (Lipinski definition) is 9. The third-order valence-electron chi connectivity index (χ3n) is 12.8. The highest BCUT2D eigenvalue weighted by Gasteiger charge is 2.62. The van der Waals surface area contributed by atoms with Crippen LogP contribution in [0, 0.1) is 51.5 Å². The second kappa shape index (κ2) is 12.7. The second-order valence-corrected chi connectivity index (χ2v) is 16.9. The largest absolute Gasteiger partial charge is 0.453 e. The van der Waals surface area contributed by atoms with Gasteiger partial charge in [0.15, 0.2) is 0 Å². The van der Waals surface area contributed by atoms with E-state index in [-0.39, 0.29) is 51.9 Å². The van der Waals surface area contributed by atoms with Gasteiger partial charge in [-0.3, -0.25) is 9.42 Å². The lowest BCUT2D eigenvalue weighted by atomic mass is 9.43. The van der Waals surface area contributed by atoms with Crippen molar-refractivity contribution in [3.63, 3.8) is 0 Å². The normalized spacial score (nSPS) is 36.2. The van der Waals surface area contributed by atoms with Crippen LogP contribution in [0.3, 0.4) is 0 Å². The van der Waals surface area contributed by atoms with Gasteiger partial charge in [0.2, 0.25) is 5.91 Å². The van der Waals surface area contributed by atoms with E-state index in [1.54, 1.807) is 18.2 Å². The molecule has 0 saturated heterocycles. The van der Waals surface area contributed by atoms with Gasteiger partial charge in [-0.15, -0.1) is 0 Å². The standard InChI is InChI=1S/C34H49N3O8S/c1-21(9-12-29(40)35-17-18-44-31-32(37(41)45-36-31)46(42,43)24-7-5-4-6-8-24)25-10-11-26-30-27(14-16-34(25,26)3)33(2)15-13-23(38)19-22(33)20-28(30)39/h4-8,21-23,25-28,30,38-39H,9-20H2,1-3H3,(H,35,40)/t21-,22+,23-,25-,26+,27+,28+,30?,33+,34-/m1/s1. The predicted octanol–water partition coefficient (Wildman–Crippen LogP) is 4.04. The average molecular weight is 660 g/mol. The number of carbonyl (C=O) groups excluding carboxylic acids is 1. The van der Waals surface area contributed by atoms with E-state index in [1.807, 2.05) is 0 Å². The molecule has 254 valence electrons. The summed E-state index contributed by atoms with van der Waals surface area (Å²) < 4.78 is 35.8. The van der Waals surface area contributed by atoms with Gasteiger partial charge in [-0.1, -0.05) is 39.0 Å². The number of aliphatic hydroxyl groups excluding tert-OH is 2. The zero-order valence-electron chi connectivity index (χ0n) is 27.1. The molecule has 0 spiro atoms. The lowest BCUT2D eigenvalue weighted by molar-refractivity contribution is -0.832. The highest BCUT2D eigenvalue weighted by Crippen LogP contribution is 2.68. The number of nitrogens with zero attached hydrogens (tertiary/aromatic N) is 2. The molecule has 12 heteroatoms. The Kier molecular flexibility index (Phi) is 9.19. The summed E-state index contributed by atoms with van der Waals surface area (Å²) in [6, 6.07) is 7.48. The Morgan fingerprint density at radius 3 is 2.59 bits per heavy atom. The molecule has 11 nitrogen and oxygen atoms in total. The number of benzene rings is 1. The van der Waals surface area contributed by atoms with Crippen molar-refractivity contribution in [2.24, 2.45) is 46.3 Å². The van der Waals surface area contributed by atoms with Crippen LogP contribution >= 0.6 is 0 Å². The molecule has 4 aliphatic rings. The minimum absolute atomic E-state index is 0.0862. The third-order valence-corrected chi connectivity index (χ3v) is 14.5. The molecule has 0 bridgehead atoms. The monoisotopic (exact) mass is 659 g/mol. The highest BCUT2D eigenvalue weighted by molar-refractivity contribution is 7.91. The lowest BCUT2D eigenvalue weighted by Gasteiger charge is -2.62. The Hall–Kier alpha value is -2.70. The number of aliphatic hydroxyl groups is 2. The molecule has 0 radical (unpaired) electrons. The van der Waals surface area contributed by atoms with Crippen molar-refractivity contribution in [1.82, 2.24) is 10.5 Å². The molecule has 10 atom stereocenters. The first-order chi connectivity index (χ1) is 21.9. The van der Waals surface area contributed by atoms with Crippen LogP contribution in [0.4, 0.5) is 0 Å². The molecule has 0 aliphatic heterocycles. The quantitative estimate of drug-likeness (QED) is 0.252. The first kappa shape index (κ1) is 33.2. The fourth-order valence-electron chi connectivity index (χ4n) is 10.4. The van der Waals surface area contributed by atoms with E-state index in [9.17, 15) is 28.6 Å². The summed E-state index contributed by atoms with van der Waals surface area (Å²) in [4.78, 5) is 12.5. The van der Waals surface area contributed by atoms with Crippen LogP contribution in [0.2, 0.25) is 0 Å². The van der Waals surface area contributed by atoms with Crippen LogP contribution in [0.5, 0.6) is 5.88 Å². The van der Waals surface area contributed by atoms with E-state index in [4.69, 9.17) is 4.74 Å². The van der Waals surface area contributed by atoms with Crippen molar-refractivity contribution < 1.29 is 37.7 Å². The lowest BCUT2D eigenvalue weighted by Crippen LogP contribution is -2.58. The van der Waals surface area contributed by atoms with Crippen LogP contribution in [0.25, 0.3) is 0 Å². The maximum atomic E-state index is 12.9. The van der Waals surface area contributed by atoms with Gasteiger partial charge in [0.1, 0.15) is 6.61 Å². The number of nitrogens with one attached hydrogen (secondary N) is 1.